The van der Waals surface area contributed by atoms with E-state index in [0.717, 1.165) is 6.42 Å². The summed E-state index contributed by atoms with van der Waals surface area (Å²) in [7, 11) is 0. The summed E-state index contributed by atoms with van der Waals surface area (Å²) in [5.41, 5.74) is 5.96. The molecule has 17 heavy (non-hydrogen) atoms. The molecule has 1 aromatic heterocycles. The number of hydrogen-bond acceptors (Lipinski definition) is 5. The maximum absolute atomic E-state index is 10.7. The number of aryl methyl sites for hydroxylation is 1. The first-order valence-corrected chi connectivity index (χ1v) is 5.38. The summed E-state index contributed by atoms with van der Waals surface area (Å²) in [6.45, 7) is 5.72. The highest BCUT2D eigenvalue weighted by molar-refractivity contribution is 5.40. The smallest absolute Gasteiger partial charge is 0.279 e. The first-order chi connectivity index (χ1) is 7.85. The third-order valence-electron chi connectivity index (χ3n) is 2.60. The van der Waals surface area contributed by atoms with Crippen molar-refractivity contribution in [2.24, 2.45) is 5.73 Å². The number of ether oxygens (including phenoxy) is 1. The Morgan fingerprint density at radius 3 is 2.82 bits per heavy atom. The van der Waals surface area contributed by atoms with Gasteiger partial charge in [0, 0.05) is 17.3 Å². The summed E-state index contributed by atoms with van der Waals surface area (Å²) in [4.78, 5) is 14.3. The number of nitro groups is 1. The van der Waals surface area contributed by atoms with Gasteiger partial charge in [-0.05, 0) is 20.3 Å². The van der Waals surface area contributed by atoms with Gasteiger partial charge in [-0.25, -0.2) is 4.98 Å². The van der Waals surface area contributed by atoms with Gasteiger partial charge in [-0.2, -0.15) is 0 Å². The second kappa shape index (κ2) is 5.09. The van der Waals surface area contributed by atoms with Crippen LogP contribution >= 0.6 is 0 Å². The van der Waals surface area contributed by atoms with E-state index in [0.29, 0.717) is 5.56 Å². The summed E-state index contributed by atoms with van der Waals surface area (Å²) in [5.74, 6) is 0.229. The van der Waals surface area contributed by atoms with Gasteiger partial charge >= 0.3 is 0 Å². The van der Waals surface area contributed by atoms with Gasteiger partial charge in [-0.3, -0.25) is 10.1 Å². The van der Waals surface area contributed by atoms with Crippen LogP contribution in [0.4, 0.5) is 5.69 Å². The van der Waals surface area contributed by atoms with Crippen molar-refractivity contribution in [1.29, 1.82) is 0 Å². The Hall–Kier alpha value is -1.69. The monoisotopic (exact) mass is 239 g/mol. The van der Waals surface area contributed by atoms with E-state index in [1.165, 1.54) is 12.3 Å². The Morgan fingerprint density at radius 2 is 2.29 bits per heavy atom. The average Bonchev–Trinajstić information content (AvgIpc) is 2.27. The number of hydrogen-bond donors (Lipinski definition) is 1. The summed E-state index contributed by atoms with van der Waals surface area (Å²) in [6, 6.07) is 1.32. The summed E-state index contributed by atoms with van der Waals surface area (Å²) in [6.07, 6.45) is 2.17. The van der Waals surface area contributed by atoms with Crippen LogP contribution in [0.2, 0.25) is 0 Å². The number of pyridine rings is 1. The molecule has 0 radical (unpaired) electrons. The molecule has 2 N–H and O–H groups in total. The molecule has 1 aromatic rings. The molecule has 0 aliphatic rings. The van der Waals surface area contributed by atoms with Gasteiger partial charge in [0.05, 0.1) is 11.0 Å². The van der Waals surface area contributed by atoms with Crippen molar-refractivity contribution < 1.29 is 9.66 Å². The van der Waals surface area contributed by atoms with Crippen molar-refractivity contribution in [3.63, 3.8) is 0 Å². The van der Waals surface area contributed by atoms with E-state index in [2.05, 4.69) is 4.98 Å². The Balaban J connectivity index is 2.80. The van der Waals surface area contributed by atoms with Crippen molar-refractivity contribution >= 4 is 5.69 Å². The van der Waals surface area contributed by atoms with E-state index in [-0.39, 0.29) is 18.2 Å². The number of rotatable bonds is 5. The molecule has 0 bridgehead atoms. The predicted octanol–water partition coefficient (Wildman–Crippen LogP) is 1.80. The highest BCUT2D eigenvalue weighted by atomic mass is 16.6. The Labute approximate surface area is 99.9 Å². The van der Waals surface area contributed by atoms with Gasteiger partial charge in [0.2, 0.25) is 5.88 Å². The van der Waals surface area contributed by atoms with Crippen LogP contribution in [0.5, 0.6) is 5.88 Å². The lowest BCUT2D eigenvalue weighted by Crippen LogP contribution is -2.41. The molecule has 0 saturated heterocycles. The number of nitrogens with two attached hydrogens (primary N) is 1. The third-order valence-corrected chi connectivity index (χ3v) is 2.60. The fraction of sp³-hybridized carbons (Fsp3) is 0.545. The van der Waals surface area contributed by atoms with E-state index < -0.39 is 10.5 Å². The van der Waals surface area contributed by atoms with Crippen molar-refractivity contribution in [2.75, 3.05) is 6.61 Å². The Bertz CT molecular complexity index is 418. The molecule has 1 rings (SSSR count). The maximum Gasteiger partial charge on any atom is 0.279 e. The van der Waals surface area contributed by atoms with Crippen molar-refractivity contribution in [1.82, 2.24) is 4.98 Å². The normalized spacial score (nSPS) is 14.1. The zero-order valence-electron chi connectivity index (χ0n) is 10.3. The lowest BCUT2D eigenvalue weighted by Gasteiger charge is -2.22. The first-order valence-electron chi connectivity index (χ1n) is 5.38. The molecule has 0 saturated carbocycles. The van der Waals surface area contributed by atoms with Gasteiger partial charge in [0.25, 0.3) is 5.69 Å². The molecular weight excluding hydrogens is 222 g/mol. The molecule has 6 heteroatoms. The molecule has 6 nitrogen and oxygen atoms in total. The van der Waals surface area contributed by atoms with E-state index >= 15 is 0 Å². The minimum atomic E-state index is -0.457. The van der Waals surface area contributed by atoms with Crippen LogP contribution in [0.25, 0.3) is 0 Å². The summed E-state index contributed by atoms with van der Waals surface area (Å²) < 4.78 is 5.37. The fourth-order valence-corrected chi connectivity index (χ4v) is 1.11. The Morgan fingerprint density at radius 1 is 1.65 bits per heavy atom. The van der Waals surface area contributed by atoms with Crippen LogP contribution in [0, 0.1) is 17.0 Å². The van der Waals surface area contributed by atoms with Crippen molar-refractivity contribution in [3.8, 4) is 5.88 Å². The highest BCUT2D eigenvalue weighted by Crippen LogP contribution is 2.21. The van der Waals surface area contributed by atoms with E-state index in [9.17, 15) is 10.1 Å². The molecule has 0 aliphatic carbocycles. The van der Waals surface area contributed by atoms with Crippen LogP contribution in [-0.2, 0) is 0 Å². The van der Waals surface area contributed by atoms with Crippen molar-refractivity contribution in [2.45, 2.75) is 32.7 Å². The summed E-state index contributed by atoms with van der Waals surface area (Å²) >= 11 is 0. The molecule has 1 unspecified atom stereocenters. The van der Waals surface area contributed by atoms with Gasteiger partial charge in [0.1, 0.15) is 6.61 Å². The molecule has 0 aromatic carbocycles. The SMILES string of the molecule is CCC(C)(N)COc1cc([N+](=O)[O-])c(C)cn1. The van der Waals surface area contributed by atoms with Gasteiger partial charge in [0.15, 0.2) is 0 Å². The first kappa shape index (κ1) is 13.4. The topological polar surface area (TPSA) is 91.3 Å². The molecule has 1 heterocycles. The second-order valence-corrected chi connectivity index (χ2v) is 4.36. The van der Waals surface area contributed by atoms with E-state index in [4.69, 9.17) is 10.5 Å². The molecule has 0 amide bonds. The minimum absolute atomic E-state index is 0.00484. The molecular formula is C11H17N3O3. The van der Waals surface area contributed by atoms with Crippen LogP contribution in [0.1, 0.15) is 25.8 Å². The van der Waals surface area contributed by atoms with Gasteiger partial charge in [-0.1, -0.05) is 6.92 Å². The van der Waals surface area contributed by atoms with E-state index in [1.54, 1.807) is 6.92 Å². The van der Waals surface area contributed by atoms with Gasteiger partial charge < -0.3 is 10.5 Å². The zero-order chi connectivity index (χ0) is 13.1. The molecule has 0 fully saturated rings. The minimum Gasteiger partial charge on any atom is -0.476 e. The van der Waals surface area contributed by atoms with Crippen LogP contribution in [0.15, 0.2) is 12.3 Å². The van der Waals surface area contributed by atoms with Crippen LogP contribution in [-0.4, -0.2) is 22.1 Å². The Kier molecular flexibility index (Phi) is 4.01. The predicted molar refractivity (Wildman–Crippen MR) is 64.0 cm³/mol. The average molecular weight is 239 g/mol. The third kappa shape index (κ3) is 3.67. The van der Waals surface area contributed by atoms with Gasteiger partial charge in [-0.15, -0.1) is 0 Å². The molecule has 1 atom stereocenters. The second-order valence-electron chi connectivity index (χ2n) is 4.36. The maximum atomic E-state index is 10.7. The highest BCUT2D eigenvalue weighted by Gasteiger charge is 2.18. The quantitative estimate of drug-likeness (QED) is 0.625. The molecule has 0 aliphatic heterocycles. The largest absolute Gasteiger partial charge is 0.476 e. The lowest BCUT2D eigenvalue weighted by molar-refractivity contribution is -0.385. The van der Waals surface area contributed by atoms with Crippen molar-refractivity contribution in [3.05, 3.63) is 27.9 Å². The van der Waals surface area contributed by atoms with Crippen LogP contribution in [0.3, 0.4) is 0 Å². The zero-order valence-corrected chi connectivity index (χ0v) is 10.3. The summed E-state index contributed by atoms with van der Waals surface area (Å²) in [5, 5.41) is 10.7. The fourth-order valence-electron chi connectivity index (χ4n) is 1.11. The van der Waals surface area contributed by atoms with E-state index in [1.807, 2.05) is 13.8 Å². The number of aromatic nitrogens is 1. The lowest BCUT2D eigenvalue weighted by atomic mass is 10.0. The number of nitrogens with zero attached hydrogens (tertiary/aromatic N) is 2. The molecule has 0 spiro atoms. The van der Waals surface area contributed by atoms with Crippen LogP contribution < -0.4 is 10.5 Å². The molecule has 94 valence electrons. The standard InChI is InChI=1S/C11H17N3O3/c1-4-11(3,12)7-17-10-5-9(14(15)16)8(2)6-13-10/h5-6H,4,7,12H2,1-3H3.